The van der Waals surface area contributed by atoms with Gasteiger partial charge in [-0.1, -0.05) is 23.1 Å². The number of nitrogens with one attached hydrogen (secondary N) is 4. The highest BCUT2D eigenvalue weighted by atomic mass is 32.2. The van der Waals surface area contributed by atoms with Gasteiger partial charge in [0.15, 0.2) is 0 Å². The molecule has 0 bridgehead atoms. The molecule has 154 valence electrons. The van der Waals surface area contributed by atoms with Crippen LogP contribution in [0.4, 0.5) is 17.5 Å². The molecule has 10 heteroatoms. The van der Waals surface area contributed by atoms with E-state index in [0.717, 1.165) is 22.0 Å². The fraction of sp³-hybridized carbons (Fsp3) is 0.150. The van der Waals surface area contributed by atoms with Crippen LogP contribution in [0.2, 0.25) is 0 Å². The first-order valence-corrected chi connectivity index (χ1v) is 10.4. The highest BCUT2D eigenvalue weighted by molar-refractivity contribution is 7.73. The van der Waals surface area contributed by atoms with Gasteiger partial charge in [0.1, 0.15) is 5.82 Å². The maximum atomic E-state index is 11.2. The Bertz CT molecular complexity index is 1240. The van der Waals surface area contributed by atoms with E-state index in [9.17, 15) is 9.32 Å². The molecule has 0 aliphatic rings. The SMILES string of the molecule is C[C@H](CO)Nc1nc(Nc2ccc([S-](=N)=O)cc2)ncc1-c1ccc2[nH]ncc2c1. The van der Waals surface area contributed by atoms with Crippen LogP contribution in [0.3, 0.4) is 0 Å². The Labute approximate surface area is 174 Å². The van der Waals surface area contributed by atoms with Gasteiger partial charge in [-0.3, -0.25) is 5.10 Å². The van der Waals surface area contributed by atoms with Crippen molar-refractivity contribution in [3.63, 3.8) is 0 Å². The summed E-state index contributed by atoms with van der Waals surface area (Å²) in [4.78, 5) is 9.44. The maximum Gasteiger partial charge on any atom is 0.229 e. The van der Waals surface area contributed by atoms with E-state index in [2.05, 4.69) is 30.8 Å². The van der Waals surface area contributed by atoms with Gasteiger partial charge in [-0.25, -0.2) is 4.98 Å². The summed E-state index contributed by atoms with van der Waals surface area (Å²) in [5, 5.41) is 23.8. The molecule has 2 aromatic heterocycles. The van der Waals surface area contributed by atoms with E-state index in [1.54, 1.807) is 36.7 Å². The number of aliphatic hydroxyl groups excluding tert-OH is 1. The van der Waals surface area contributed by atoms with Crippen molar-refractivity contribution in [3.8, 4) is 11.1 Å². The van der Waals surface area contributed by atoms with Crippen molar-refractivity contribution < 1.29 is 9.32 Å². The van der Waals surface area contributed by atoms with Crippen molar-refractivity contribution >= 4 is 39.0 Å². The molecule has 0 amide bonds. The van der Waals surface area contributed by atoms with Gasteiger partial charge < -0.3 is 24.7 Å². The summed E-state index contributed by atoms with van der Waals surface area (Å²) in [5.41, 5.74) is 3.36. The molecule has 1 atom stereocenters. The molecule has 2 heterocycles. The Kier molecular flexibility index (Phi) is 5.59. The van der Waals surface area contributed by atoms with Crippen molar-refractivity contribution in [3.05, 3.63) is 54.9 Å². The molecular formula is C20H20N7O2S-. The van der Waals surface area contributed by atoms with Crippen LogP contribution in [0.25, 0.3) is 22.0 Å². The Balaban J connectivity index is 1.68. The summed E-state index contributed by atoms with van der Waals surface area (Å²) in [6.07, 6.45) is 3.48. The van der Waals surface area contributed by atoms with Gasteiger partial charge in [0, 0.05) is 28.9 Å². The molecule has 0 spiro atoms. The van der Waals surface area contributed by atoms with Crippen molar-refractivity contribution in [2.75, 3.05) is 17.2 Å². The molecule has 0 aliphatic carbocycles. The fourth-order valence-electron chi connectivity index (χ4n) is 2.94. The van der Waals surface area contributed by atoms with Crippen LogP contribution in [0.15, 0.2) is 59.8 Å². The van der Waals surface area contributed by atoms with Crippen LogP contribution < -0.4 is 10.6 Å². The van der Waals surface area contributed by atoms with Gasteiger partial charge in [0.05, 0.1) is 18.3 Å². The van der Waals surface area contributed by atoms with E-state index in [0.29, 0.717) is 22.3 Å². The lowest BCUT2D eigenvalue weighted by atomic mass is 10.1. The largest absolute Gasteiger partial charge is 0.440 e. The summed E-state index contributed by atoms with van der Waals surface area (Å²) in [7, 11) is -1.78. The van der Waals surface area contributed by atoms with E-state index < -0.39 is 10.6 Å². The average molecular weight is 422 g/mol. The van der Waals surface area contributed by atoms with Gasteiger partial charge in [-0.2, -0.15) is 20.7 Å². The van der Waals surface area contributed by atoms with Gasteiger partial charge in [-0.15, -0.1) is 0 Å². The molecule has 9 nitrogen and oxygen atoms in total. The number of benzene rings is 2. The Morgan fingerprint density at radius 1 is 1.20 bits per heavy atom. The lowest BCUT2D eigenvalue weighted by Crippen LogP contribution is -2.21. The smallest absolute Gasteiger partial charge is 0.229 e. The van der Waals surface area contributed by atoms with Crippen molar-refractivity contribution in [2.45, 2.75) is 17.9 Å². The number of anilines is 3. The van der Waals surface area contributed by atoms with E-state index in [4.69, 9.17) is 4.78 Å². The topological polar surface area (TPSA) is 140 Å². The average Bonchev–Trinajstić information content (AvgIpc) is 3.22. The van der Waals surface area contributed by atoms with Gasteiger partial charge in [0.25, 0.3) is 0 Å². The second-order valence-electron chi connectivity index (χ2n) is 6.77. The minimum absolute atomic E-state index is 0.0430. The van der Waals surface area contributed by atoms with Gasteiger partial charge in [0.2, 0.25) is 5.95 Å². The highest BCUT2D eigenvalue weighted by Gasteiger charge is 2.13. The van der Waals surface area contributed by atoms with Gasteiger partial charge >= 0.3 is 0 Å². The van der Waals surface area contributed by atoms with Crippen LogP contribution in [0.1, 0.15) is 6.92 Å². The van der Waals surface area contributed by atoms with Crippen LogP contribution in [0.5, 0.6) is 0 Å². The second-order valence-corrected chi connectivity index (χ2v) is 7.78. The molecule has 2 aromatic carbocycles. The summed E-state index contributed by atoms with van der Waals surface area (Å²) >= 11 is 0. The number of hydrogen-bond donors (Lipinski definition) is 5. The lowest BCUT2D eigenvalue weighted by molar-refractivity contribution is 0.281. The van der Waals surface area contributed by atoms with Crippen LogP contribution in [0, 0.1) is 4.78 Å². The molecule has 0 aliphatic heterocycles. The maximum absolute atomic E-state index is 11.2. The second kappa shape index (κ2) is 8.47. The zero-order valence-corrected chi connectivity index (χ0v) is 16.9. The summed E-state index contributed by atoms with van der Waals surface area (Å²) in [5.74, 6) is 0.955. The van der Waals surface area contributed by atoms with Crippen molar-refractivity contribution in [1.29, 1.82) is 4.78 Å². The van der Waals surface area contributed by atoms with Crippen molar-refractivity contribution in [2.24, 2.45) is 0 Å². The number of aromatic amines is 1. The third-order valence-electron chi connectivity index (χ3n) is 4.52. The van der Waals surface area contributed by atoms with Gasteiger partial charge in [-0.05, 0) is 36.8 Å². The zero-order valence-electron chi connectivity index (χ0n) is 16.1. The lowest BCUT2D eigenvalue weighted by Gasteiger charge is -2.17. The number of fused-ring (bicyclic) bond motifs is 1. The van der Waals surface area contributed by atoms with E-state index in [1.165, 1.54) is 0 Å². The first-order valence-electron chi connectivity index (χ1n) is 9.21. The van der Waals surface area contributed by atoms with E-state index in [1.807, 2.05) is 25.1 Å². The predicted molar refractivity (Wildman–Crippen MR) is 116 cm³/mol. The van der Waals surface area contributed by atoms with Crippen molar-refractivity contribution in [1.82, 2.24) is 20.2 Å². The molecule has 5 N–H and O–H groups in total. The summed E-state index contributed by atoms with van der Waals surface area (Å²) in [6, 6.07) is 12.4. The van der Waals surface area contributed by atoms with E-state index in [-0.39, 0.29) is 12.6 Å². The summed E-state index contributed by atoms with van der Waals surface area (Å²) < 4.78 is 18.5. The molecule has 30 heavy (non-hydrogen) atoms. The molecule has 0 saturated heterocycles. The molecule has 0 unspecified atom stereocenters. The summed E-state index contributed by atoms with van der Waals surface area (Å²) in [6.45, 7) is 1.82. The minimum Gasteiger partial charge on any atom is -0.440 e. The number of nitrogens with zero attached hydrogens (tertiary/aromatic N) is 3. The molecule has 0 saturated carbocycles. The van der Waals surface area contributed by atoms with E-state index >= 15 is 0 Å². The minimum atomic E-state index is -1.78. The highest BCUT2D eigenvalue weighted by Crippen LogP contribution is 2.30. The third-order valence-corrected chi connectivity index (χ3v) is 5.22. The predicted octanol–water partition coefficient (Wildman–Crippen LogP) is 3.64. The normalized spacial score (nSPS) is 12.2. The molecule has 4 aromatic rings. The Morgan fingerprint density at radius 2 is 2.00 bits per heavy atom. The molecular weight excluding hydrogens is 402 g/mol. The molecule has 0 radical (unpaired) electrons. The first kappa shape index (κ1) is 19.8. The number of hydrogen-bond acceptors (Lipinski definition) is 9. The Morgan fingerprint density at radius 3 is 2.73 bits per heavy atom. The Hall–Kier alpha value is -3.50. The zero-order chi connectivity index (χ0) is 21.1. The number of H-pyrrole nitrogens is 1. The standard InChI is InChI=1S/C20H20N7O2S/c1-12(11-28)24-19-17(13-2-7-18-14(8-13)9-23-27-18)10-22-20(26-19)25-15-3-5-16(6-4-15)30(21)29/h2-10,12,21,28H,11H2,1H3,(H,23,27)(H2,22,24,25,26)/q-1/t12-/m1/s1. The monoisotopic (exact) mass is 422 g/mol. The number of rotatable bonds is 7. The molecule has 4 rings (SSSR count). The quantitative estimate of drug-likeness (QED) is 0.286. The van der Waals surface area contributed by atoms with Crippen LogP contribution in [-0.4, -0.2) is 37.9 Å². The first-order chi connectivity index (χ1) is 14.5. The third kappa shape index (κ3) is 4.24. The fourth-order valence-corrected chi connectivity index (χ4v) is 3.33. The number of aromatic nitrogens is 4. The van der Waals surface area contributed by atoms with Crippen LogP contribution in [-0.2, 0) is 14.8 Å². The number of aliphatic hydroxyl groups is 1. The molecule has 0 fully saturated rings. The van der Waals surface area contributed by atoms with Crippen LogP contribution >= 0.6 is 0 Å².